The molecule has 0 amide bonds. The summed E-state index contributed by atoms with van der Waals surface area (Å²) in [7, 11) is 0. The zero-order valence-corrected chi connectivity index (χ0v) is 10.9. The van der Waals surface area contributed by atoms with Crippen LogP contribution >= 0.6 is 0 Å². The van der Waals surface area contributed by atoms with E-state index >= 15 is 0 Å². The minimum atomic E-state index is -0.832. The molecule has 0 unspecified atom stereocenters. The molecule has 98 valence electrons. The average molecular weight is 247 g/mol. The van der Waals surface area contributed by atoms with E-state index in [2.05, 4.69) is 11.8 Å². The summed E-state index contributed by atoms with van der Waals surface area (Å²) in [6.45, 7) is 4.19. The molecule has 1 aromatic rings. The zero-order chi connectivity index (χ0) is 13.0. The van der Waals surface area contributed by atoms with Crippen molar-refractivity contribution in [3.8, 4) is 0 Å². The minimum Gasteiger partial charge on any atom is -0.478 e. The second kappa shape index (κ2) is 5.89. The monoisotopic (exact) mass is 247 g/mol. The Morgan fingerprint density at radius 1 is 1.33 bits per heavy atom. The van der Waals surface area contributed by atoms with Crippen molar-refractivity contribution in [3.63, 3.8) is 0 Å². The van der Waals surface area contributed by atoms with Crippen LogP contribution in [0.25, 0.3) is 0 Å². The van der Waals surface area contributed by atoms with Crippen LogP contribution in [0.1, 0.15) is 43.0 Å². The largest absolute Gasteiger partial charge is 0.478 e. The van der Waals surface area contributed by atoms with Gasteiger partial charge in [0.2, 0.25) is 0 Å². The molecule has 0 saturated carbocycles. The van der Waals surface area contributed by atoms with Crippen LogP contribution in [0.15, 0.2) is 24.3 Å². The number of carboxylic acid groups (broad SMARTS) is 1. The first-order valence-corrected chi connectivity index (χ1v) is 6.79. The summed E-state index contributed by atoms with van der Waals surface area (Å²) in [6.07, 6.45) is 4.91. The van der Waals surface area contributed by atoms with Crippen LogP contribution in [0.4, 0.5) is 5.69 Å². The fourth-order valence-electron chi connectivity index (χ4n) is 2.80. The SMILES string of the molecule is CCCC1CCN(c2ccccc2C(=O)O)CC1. The lowest BCUT2D eigenvalue weighted by Gasteiger charge is -2.34. The van der Waals surface area contributed by atoms with Crippen LogP contribution in [0.3, 0.4) is 0 Å². The topological polar surface area (TPSA) is 40.5 Å². The van der Waals surface area contributed by atoms with Gasteiger partial charge >= 0.3 is 5.97 Å². The van der Waals surface area contributed by atoms with Gasteiger partial charge in [0.1, 0.15) is 0 Å². The van der Waals surface area contributed by atoms with Crippen molar-refractivity contribution in [1.29, 1.82) is 0 Å². The molecule has 0 bridgehead atoms. The van der Waals surface area contributed by atoms with E-state index in [9.17, 15) is 9.90 Å². The van der Waals surface area contributed by atoms with Crippen molar-refractivity contribution < 1.29 is 9.90 Å². The summed E-state index contributed by atoms with van der Waals surface area (Å²) in [6, 6.07) is 7.32. The number of benzene rings is 1. The molecule has 18 heavy (non-hydrogen) atoms. The first-order valence-electron chi connectivity index (χ1n) is 6.79. The van der Waals surface area contributed by atoms with Crippen molar-refractivity contribution >= 4 is 11.7 Å². The highest BCUT2D eigenvalue weighted by atomic mass is 16.4. The molecule has 1 aliphatic heterocycles. The van der Waals surface area contributed by atoms with Crippen LogP contribution in [0, 0.1) is 5.92 Å². The van der Waals surface area contributed by atoms with Crippen molar-refractivity contribution in [3.05, 3.63) is 29.8 Å². The Labute approximate surface area is 108 Å². The number of carbonyl (C=O) groups is 1. The molecule has 0 aliphatic carbocycles. The maximum Gasteiger partial charge on any atom is 0.337 e. The lowest BCUT2D eigenvalue weighted by molar-refractivity contribution is 0.0697. The van der Waals surface area contributed by atoms with Gasteiger partial charge in [0.25, 0.3) is 0 Å². The van der Waals surface area contributed by atoms with Gasteiger partial charge in [-0.3, -0.25) is 0 Å². The maximum atomic E-state index is 11.2. The number of hydrogen-bond donors (Lipinski definition) is 1. The van der Waals surface area contributed by atoms with Gasteiger partial charge in [0.15, 0.2) is 0 Å². The Hall–Kier alpha value is -1.51. The van der Waals surface area contributed by atoms with Crippen molar-refractivity contribution in [2.75, 3.05) is 18.0 Å². The maximum absolute atomic E-state index is 11.2. The van der Waals surface area contributed by atoms with Gasteiger partial charge in [0, 0.05) is 13.1 Å². The lowest BCUT2D eigenvalue weighted by Crippen LogP contribution is -2.34. The second-order valence-corrected chi connectivity index (χ2v) is 5.04. The summed E-state index contributed by atoms with van der Waals surface area (Å²) in [5, 5.41) is 9.21. The van der Waals surface area contributed by atoms with E-state index in [0.29, 0.717) is 5.56 Å². The van der Waals surface area contributed by atoms with E-state index in [1.54, 1.807) is 12.1 Å². The number of anilines is 1. The zero-order valence-electron chi connectivity index (χ0n) is 10.9. The van der Waals surface area contributed by atoms with E-state index in [0.717, 1.165) is 24.7 Å². The molecule has 1 N–H and O–H groups in total. The Morgan fingerprint density at radius 3 is 2.61 bits per heavy atom. The van der Waals surface area contributed by atoms with E-state index in [1.807, 2.05) is 12.1 Å². The number of rotatable bonds is 4. The molecule has 0 aromatic heterocycles. The summed E-state index contributed by atoms with van der Waals surface area (Å²) in [5.41, 5.74) is 1.30. The van der Waals surface area contributed by atoms with Gasteiger partial charge in [-0.15, -0.1) is 0 Å². The molecule has 0 spiro atoms. The Bertz CT molecular complexity index is 409. The van der Waals surface area contributed by atoms with Gasteiger partial charge in [-0.1, -0.05) is 31.9 Å². The number of carboxylic acids is 1. The third-order valence-electron chi connectivity index (χ3n) is 3.79. The molecule has 2 rings (SSSR count). The minimum absolute atomic E-state index is 0.423. The van der Waals surface area contributed by atoms with Crippen LogP contribution < -0.4 is 4.90 Å². The fourth-order valence-corrected chi connectivity index (χ4v) is 2.80. The standard InChI is InChI=1S/C15H21NO2/c1-2-5-12-8-10-16(11-9-12)14-7-4-3-6-13(14)15(17)18/h3-4,6-7,12H,2,5,8-11H2,1H3,(H,17,18). The summed E-state index contributed by atoms with van der Waals surface area (Å²) >= 11 is 0. The molecular formula is C15H21NO2. The quantitative estimate of drug-likeness (QED) is 0.886. The molecule has 1 heterocycles. The normalized spacial score (nSPS) is 16.8. The number of hydrogen-bond acceptors (Lipinski definition) is 2. The first-order chi connectivity index (χ1) is 8.72. The Balaban J connectivity index is 2.07. The molecule has 0 radical (unpaired) electrons. The molecule has 1 aromatic carbocycles. The van der Waals surface area contributed by atoms with Gasteiger partial charge in [-0.2, -0.15) is 0 Å². The predicted molar refractivity (Wildman–Crippen MR) is 73.2 cm³/mol. The summed E-state index contributed by atoms with van der Waals surface area (Å²) in [5.74, 6) is -0.00970. The van der Waals surface area contributed by atoms with E-state index < -0.39 is 5.97 Å². The predicted octanol–water partition coefficient (Wildman–Crippen LogP) is 3.40. The molecular weight excluding hydrogens is 226 g/mol. The van der Waals surface area contributed by atoms with Crippen LogP contribution in [-0.2, 0) is 0 Å². The van der Waals surface area contributed by atoms with Crippen LogP contribution in [-0.4, -0.2) is 24.2 Å². The fraction of sp³-hybridized carbons (Fsp3) is 0.533. The lowest BCUT2D eigenvalue weighted by atomic mass is 9.92. The van der Waals surface area contributed by atoms with Crippen molar-refractivity contribution in [2.24, 2.45) is 5.92 Å². The number of aromatic carboxylic acids is 1. The van der Waals surface area contributed by atoms with Gasteiger partial charge in [-0.25, -0.2) is 4.79 Å². The average Bonchev–Trinajstić information content (AvgIpc) is 2.40. The highest BCUT2D eigenvalue weighted by Crippen LogP contribution is 2.28. The molecule has 3 nitrogen and oxygen atoms in total. The van der Waals surface area contributed by atoms with Crippen molar-refractivity contribution in [1.82, 2.24) is 0 Å². The van der Waals surface area contributed by atoms with Crippen LogP contribution in [0.5, 0.6) is 0 Å². The Kier molecular flexibility index (Phi) is 4.24. The van der Waals surface area contributed by atoms with Crippen molar-refractivity contribution in [2.45, 2.75) is 32.6 Å². The van der Waals surface area contributed by atoms with E-state index in [1.165, 1.54) is 25.7 Å². The van der Waals surface area contributed by atoms with E-state index in [-0.39, 0.29) is 0 Å². The van der Waals surface area contributed by atoms with Gasteiger partial charge in [0.05, 0.1) is 11.3 Å². The molecule has 3 heteroatoms. The first kappa shape index (κ1) is 12.9. The highest BCUT2D eigenvalue weighted by molar-refractivity contribution is 5.94. The molecule has 1 aliphatic rings. The summed E-state index contributed by atoms with van der Waals surface area (Å²) in [4.78, 5) is 13.4. The molecule has 0 atom stereocenters. The highest BCUT2D eigenvalue weighted by Gasteiger charge is 2.21. The third-order valence-corrected chi connectivity index (χ3v) is 3.79. The van der Waals surface area contributed by atoms with Gasteiger partial charge in [-0.05, 0) is 30.9 Å². The molecule has 1 saturated heterocycles. The van der Waals surface area contributed by atoms with Gasteiger partial charge < -0.3 is 10.0 Å². The summed E-state index contributed by atoms with van der Waals surface area (Å²) < 4.78 is 0. The van der Waals surface area contributed by atoms with E-state index in [4.69, 9.17) is 0 Å². The third kappa shape index (κ3) is 2.84. The second-order valence-electron chi connectivity index (χ2n) is 5.04. The Morgan fingerprint density at radius 2 is 2.00 bits per heavy atom. The van der Waals surface area contributed by atoms with Crippen LogP contribution in [0.2, 0.25) is 0 Å². The number of piperidine rings is 1. The molecule has 1 fully saturated rings. The number of para-hydroxylation sites is 1. The number of nitrogens with zero attached hydrogens (tertiary/aromatic N) is 1. The smallest absolute Gasteiger partial charge is 0.337 e.